The zero-order valence-electron chi connectivity index (χ0n) is 17.2. The number of carbonyl (C=O) groups excluding carboxylic acids is 2. The van der Waals surface area contributed by atoms with Gasteiger partial charge in [0.15, 0.2) is 0 Å². The minimum absolute atomic E-state index is 0.0895. The highest BCUT2D eigenvalue weighted by molar-refractivity contribution is 6.41. The van der Waals surface area contributed by atoms with Crippen LogP contribution in [-0.4, -0.2) is 29.9 Å². The molecule has 1 aliphatic rings. The van der Waals surface area contributed by atoms with Crippen molar-refractivity contribution in [2.24, 2.45) is 0 Å². The summed E-state index contributed by atoms with van der Waals surface area (Å²) in [5.41, 5.74) is 2.21. The van der Waals surface area contributed by atoms with Crippen LogP contribution >= 0.6 is 0 Å². The Hall–Kier alpha value is -3.80. The predicted octanol–water partition coefficient (Wildman–Crippen LogP) is 4.21. The molecule has 0 aliphatic heterocycles. The summed E-state index contributed by atoms with van der Waals surface area (Å²) >= 11 is 0. The number of amides is 1. The minimum atomic E-state index is -0.760. The fraction of sp³-hybridized carbons (Fsp3) is 0.200. The molecule has 1 fully saturated rings. The van der Waals surface area contributed by atoms with Gasteiger partial charge in [0.25, 0.3) is 5.91 Å². The summed E-state index contributed by atoms with van der Waals surface area (Å²) < 4.78 is 5.54. The smallest absolute Gasteiger partial charge is 0.292 e. The first kappa shape index (κ1) is 20.5. The molecule has 4 rings (SSSR count). The summed E-state index contributed by atoms with van der Waals surface area (Å²) in [5, 5.41) is 18.5. The maximum atomic E-state index is 12.0. The van der Waals surface area contributed by atoms with Crippen molar-refractivity contribution in [3.05, 3.63) is 77.9 Å². The molecule has 0 unspecified atom stereocenters. The van der Waals surface area contributed by atoms with Crippen molar-refractivity contribution in [2.45, 2.75) is 25.4 Å². The molecule has 0 atom stereocenters. The monoisotopic (exact) mass is 416 g/mol. The number of hydrogen-bond acceptors (Lipinski definition) is 5. The molecule has 6 heteroatoms. The fourth-order valence-corrected chi connectivity index (χ4v) is 3.34. The lowest BCUT2D eigenvalue weighted by Gasteiger charge is -2.13. The van der Waals surface area contributed by atoms with Crippen LogP contribution < -0.4 is 15.4 Å². The average Bonchev–Trinajstić information content (AvgIpc) is 3.61. The summed E-state index contributed by atoms with van der Waals surface area (Å²) in [6.45, 7) is 0.519. The topological polar surface area (TPSA) is 87.7 Å². The second-order valence-corrected chi connectivity index (χ2v) is 7.59. The van der Waals surface area contributed by atoms with Crippen molar-refractivity contribution < 1.29 is 19.4 Å². The number of benzene rings is 3. The van der Waals surface area contributed by atoms with Gasteiger partial charge in [0.05, 0.1) is 7.11 Å². The van der Waals surface area contributed by atoms with Crippen molar-refractivity contribution in [1.29, 1.82) is 0 Å². The van der Waals surface area contributed by atoms with E-state index in [0.29, 0.717) is 12.1 Å². The summed E-state index contributed by atoms with van der Waals surface area (Å²) in [5.74, 6) is -0.907. The Labute approximate surface area is 180 Å². The SMILES string of the molecule is COc1cc2ccccc2cc1CNc1cccc(/C(O)=C/C(=O)C(=O)NC2CC2)c1. The second-order valence-electron chi connectivity index (χ2n) is 7.59. The molecule has 0 aromatic heterocycles. The van der Waals surface area contributed by atoms with Crippen molar-refractivity contribution in [2.75, 3.05) is 12.4 Å². The van der Waals surface area contributed by atoms with Gasteiger partial charge in [-0.1, -0.05) is 36.4 Å². The van der Waals surface area contributed by atoms with Crippen LogP contribution in [0.2, 0.25) is 0 Å². The Bertz CT molecular complexity index is 1170. The van der Waals surface area contributed by atoms with Crippen LogP contribution in [-0.2, 0) is 16.1 Å². The Morgan fingerprint density at radius 2 is 1.81 bits per heavy atom. The van der Waals surface area contributed by atoms with Crippen LogP contribution in [0.3, 0.4) is 0 Å². The molecule has 1 saturated carbocycles. The fourth-order valence-electron chi connectivity index (χ4n) is 3.34. The van der Waals surface area contributed by atoms with E-state index in [1.54, 1.807) is 25.3 Å². The number of nitrogens with one attached hydrogen (secondary N) is 2. The Morgan fingerprint density at radius 1 is 1.06 bits per heavy atom. The van der Waals surface area contributed by atoms with E-state index in [4.69, 9.17) is 4.74 Å². The molecule has 3 N–H and O–H groups in total. The summed E-state index contributed by atoms with van der Waals surface area (Å²) in [6.07, 6.45) is 2.75. The first-order valence-electron chi connectivity index (χ1n) is 10.2. The van der Waals surface area contributed by atoms with Gasteiger partial charge in [-0.2, -0.15) is 0 Å². The zero-order valence-corrected chi connectivity index (χ0v) is 17.2. The van der Waals surface area contributed by atoms with Gasteiger partial charge >= 0.3 is 0 Å². The molecule has 0 heterocycles. The molecule has 3 aromatic rings. The van der Waals surface area contributed by atoms with Crippen LogP contribution in [0.1, 0.15) is 24.0 Å². The highest BCUT2D eigenvalue weighted by Gasteiger charge is 2.25. The maximum Gasteiger partial charge on any atom is 0.292 e. The molecular formula is C25H24N2O4. The molecule has 31 heavy (non-hydrogen) atoms. The highest BCUT2D eigenvalue weighted by Crippen LogP contribution is 2.27. The van der Waals surface area contributed by atoms with E-state index in [-0.39, 0.29) is 11.8 Å². The normalized spacial score (nSPS) is 13.6. The average molecular weight is 416 g/mol. The Kier molecular flexibility index (Phi) is 5.89. The van der Waals surface area contributed by atoms with Crippen LogP contribution in [0.15, 0.2) is 66.7 Å². The lowest BCUT2D eigenvalue weighted by atomic mass is 10.1. The number of methoxy groups -OCH3 is 1. The van der Waals surface area contributed by atoms with E-state index in [1.165, 1.54) is 0 Å². The van der Waals surface area contributed by atoms with Crippen molar-refractivity contribution >= 4 is 33.9 Å². The van der Waals surface area contributed by atoms with Gasteiger partial charge in [-0.15, -0.1) is 0 Å². The molecule has 1 aliphatic carbocycles. The van der Waals surface area contributed by atoms with Crippen molar-refractivity contribution in [3.8, 4) is 5.75 Å². The van der Waals surface area contributed by atoms with E-state index in [9.17, 15) is 14.7 Å². The molecule has 0 saturated heterocycles. The van der Waals surface area contributed by atoms with E-state index in [2.05, 4.69) is 22.8 Å². The van der Waals surface area contributed by atoms with E-state index < -0.39 is 11.7 Å². The first-order valence-corrected chi connectivity index (χ1v) is 10.2. The second kappa shape index (κ2) is 8.92. The first-order chi connectivity index (χ1) is 15.0. The summed E-state index contributed by atoms with van der Waals surface area (Å²) in [6, 6.07) is 19.3. The molecule has 158 valence electrons. The number of carbonyl (C=O) groups is 2. The van der Waals surface area contributed by atoms with Crippen LogP contribution in [0.25, 0.3) is 16.5 Å². The van der Waals surface area contributed by atoms with Gasteiger partial charge in [0.1, 0.15) is 11.5 Å². The van der Waals surface area contributed by atoms with E-state index in [1.807, 2.05) is 30.3 Å². The van der Waals surface area contributed by atoms with Crippen molar-refractivity contribution in [1.82, 2.24) is 5.32 Å². The molecule has 3 aromatic carbocycles. The highest BCUT2D eigenvalue weighted by atomic mass is 16.5. The standard InChI is InChI=1S/C25H24N2O4/c1-31-24-13-17-6-3-2-5-16(17)11-19(24)15-26-21-8-4-7-18(12-21)22(28)14-23(29)25(30)27-20-9-10-20/h2-8,11-14,20,26,28H,9-10,15H2,1H3,(H,27,30)/b22-14-. The van der Waals surface area contributed by atoms with Crippen molar-refractivity contribution in [3.63, 3.8) is 0 Å². The van der Waals surface area contributed by atoms with Crippen LogP contribution in [0.4, 0.5) is 5.69 Å². The Balaban J connectivity index is 1.47. The minimum Gasteiger partial charge on any atom is -0.507 e. The molecule has 6 nitrogen and oxygen atoms in total. The van der Waals surface area contributed by atoms with Gasteiger partial charge < -0.3 is 20.5 Å². The Morgan fingerprint density at radius 3 is 2.52 bits per heavy atom. The third-order valence-corrected chi connectivity index (χ3v) is 5.19. The molecule has 0 bridgehead atoms. The van der Waals surface area contributed by atoms with E-state index >= 15 is 0 Å². The molecule has 0 radical (unpaired) electrons. The number of ether oxygens (including phenoxy) is 1. The number of anilines is 1. The molecule has 1 amide bonds. The zero-order chi connectivity index (χ0) is 21.8. The van der Waals surface area contributed by atoms with Crippen LogP contribution in [0.5, 0.6) is 5.75 Å². The number of aliphatic hydroxyl groups is 1. The number of hydrogen-bond donors (Lipinski definition) is 3. The molecule has 0 spiro atoms. The lowest BCUT2D eigenvalue weighted by molar-refractivity contribution is -0.135. The summed E-state index contributed by atoms with van der Waals surface area (Å²) in [4.78, 5) is 23.8. The van der Waals surface area contributed by atoms with Gasteiger partial charge in [0.2, 0.25) is 5.78 Å². The quantitative estimate of drug-likeness (QED) is 0.291. The van der Waals surface area contributed by atoms with Gasteiger partial charge in [-0.25, -0.2) is 0 Å². The predicted molar refractivity (Wildman–Crippen MR) is 121 cm³/mol. The number of ketones is 1. The largest absolute Gasteiger partial charge is 0.507 e. The lowest BCUT2D eigenvalue weighted by Crippen LogP contribution is -2.31. The van der Waals surface area contributed by atoms with Gasteiger partial charge in [-0.3, -0.25) is 9.59 Å². The van der Waals surface area contributed by atoms with Crippen LogP contribution in [0, 0.1) is 0 Å². The molecular weight excluding hydrogens is 392 g/mol. The van der Waals surface area contributed by atoms with Gasteiger partial charge in [0, 0.05) is 35.5 Å². The third kappa shape index (κ3) is 5.04. The third-order valence-electron chi connectivity index (χ3n) is 5.19. The number of rotatable bonds is 8. The van der Waals surface area contributed by atoms with Gasteiger partial charge in [-0.05, 0) is 47.9 Å². The van der Waals surface area contributed by atoms with E-state index in [0.717, 1.165) is 46.7 Å². The summed E-state index contributed by atoms with van der Waals surface area (Å²) in [7, 11) is 1.65. The number of fused-ring (bicyclic) bond motifs is 1. The number of aliphatic hydroxyl groups excluding tert-OH is 1. The maximum absolute atomic E-state index is 12.0.